The van der Waals surface area contributed by atoms with E-state index in [0.29, 0.717) is 51.4 Å². The molecule has 2 aliphatic rings. The van der Waals surface area contributed by atoms with Crippen LogP contribution in [0.1, 0.15) is 83.4 Å². The van der Waals surface area contributed by atoms with Gasteiger partial charge in [0.05, 0.1) is 54.0 Å². The number of amides is 4. The minimum Gasteiger partial charge on any atom is -0.391 e. The molecular formula is C38H57N5O7S. The van der Waals surface area contributed by atoms with Crippen LogP contribution in [0.4, 0.5) is 0 Å². The Morgan fingerprint density at radius 2 is 1.71 bits per heavy atom. The van der Waals surface area contributed by atoms with Gasteiger partial charge in [-0.15, -0.1) is 11.3 Å². The van der Waals surface area contributed by atoms with Gasteiger partial charge in [-0.3, -0.25) is 19.2 Å². The van der Waals surface area contributed by atoms with Gasteiger partial charge in [0, 0.05) is 37.9 Å². The third kappa shape index (κ3) is 13.0. The summed E-state index contributed by atoms with van der Waals surface area (Å²) in [5.41, 5.74) is 1.79. The van der Waals surface area contributed by atoms with Gasteiger partial charge in [-0.2, -0.15) is 0 Å². The predicted octanol–water partition coefficient (Wildman–Crippen LogP) is 3.01. The number of hydrogen-bond donors (Lipinski definition) is 5. The second-order valence-corrected chi connectivity index (χ2v) is 15.3. The van der Waals surface area contributed by atoms with E-state index in [1.54, 1.807) is 31.2 Å². The summed E-state index contributed by atoms with van der Waals surface area (Å²) in [6.07, 6.45) is 4.96. The van der Waals surface area contributed by atoms with Crippen LogP contribution in [0.2, 0.25) is 0 Å². The van der Waals surface area contributed by atoms with E-state index in [4.69, 9.17) is 4.74 Å². The number of hydrogen-bond acceptors (Lipinski definition) is 9. The second-order valence-electron chi connectivity index (χ2n) is 14.6. The van der Waals surface area contributed by atoms with E-state index in [0.717, 1.165) is 37.7 Å². The summed E-state index contributed by atoms with van der Waals surface area (Å²) in [6.45, 7) is 7.09. The Hall–Kier alpha value is -3.39. The molecule has 1 aromatic heterocycles. The molecule has 1 saturated carbocycles. The van der Waals surface area contributed by atoms with Gasteiger partial charge in [0.2, 0.25) is 23.6 Å². The minimum absolute atomic E-state index is 0.0209. The highest BCUT2D eigenvalue weighted by atomic mass is 32.1. The van der Waals surface area contributed by atoms with E-state index in [1.807, 2.05) is 35.7 Å². The first-order chi connectivity index (χ1) is 24.4. The monoisotopic (exact) mass is 727 g/mol. The number of carbonyl (C=O) groups is 4. The van der Waals surface area contributed by atoms with Crippen molar-refractivity contribution in [3.63, 3.8) is 0 Å². The van der Waals surface area contributed by atoms with Crippen molar-refractivity contribution in [2.24, 2.45) is 17.8 Å². The number of aliphatic hydroxyl groups is 2. The molecule has 2 fully saturated rings. The Balaban J connectivity index is 1.56. The van der Waals surface area contributed by atoms with E-state index >= 15 is 0 Å². The number of rotatable bonds is 18. The second kappa shape index (κ2) is 20.0. The maximum atomic E-state index is 14.3. The molecule has 2 aromatic rings. The van der Waals surface area contributed by atoms with Crippen molar-refractivity contribution in [2.75, 3.05) is 32.8 Å². The zero-order valence-corrected chi connectivity index (χ0v) is 31.2. The highest BCUT2D eigenvalue weighted by molar-refractivity contribution is 7.07. The molecule has 2 heterocycles. The Bertz CT molecular complexity index is 1370. The highest BCUT2D eigenvalue weighted by Gasteiger charge is 2.39. The standard InChI is InChI=1S/C38H57N5O7S/c1-4-39-36(47)30(38(2,3)49)23-33(44)31(20-27-13-9-6-10-14-27)41-37(48)32(22-29-24-51-25-40-29)42-35(46)28(19-26-11-7-5-8-12-26)21-34(45)43-15-17-50-18-16-43/h5,7-8,11-12,24-25,27-28,30-33,44,49H,4,6,9-10,13-23H2,1-3H3,(H,39,47)(H,41,48)(H,42,46)/t28?,30-,31+,32+,33+/m1/s1. The predicted molar refractivity (Wildman–Crippen MR) is 196 cm³/mol. The largest absolute Gasteiger partial charge is 0.391 e. The third-order valence-electron chi connectivity index (χ3n) is 10.1. The fourth-order valence-electron chi connectivity index (χ4n) is 7.15. The number of aromatic nitrogens is 1. The Morgan fingerprint density at radius 1 is 1.00 bits per heavy atom. The number of benzene rings is 1. The van der Waals surface area contributed by atoms with E-state index in [1.165, 1.54) is 11.3 Å². The summed E-state index contributed by atoms with van der Waals surface area (Å²) >= 11 is 1.38. The molecule has 0 spiro atoms. The van der Waals surface area contributed by atoms with Crippen LogP contribution in [0.15, 0.2) is 41.2 Å². The van der Waals surface area contributed by atoms with Crippen molar-refractivity contribution in [3.05, 3.63) is 52.5 Å². The fourth-order valence-corrected chi connectivity index (χ4v) is 7.72. The molecule has 1 aliphatic carbocycles. The molecule has 1 aliphatic heterocycles. The molecule has 5 atom stereocenters. The molecule has 4 rings (SSSR count). The smallest absolute Gasteiger partial charge is 0.243 e. The average molecular weight is 728 g/mol. The van der Waals surface area contributed by atoms with Gasteiger partial charge >= 0.3 is 0 Å². The summed E-state index contributed by atoms with van der Waals surface area (Å²) in [5.74, 6) is -2.77. The zero-order valence-electron chi connectivity index (χ0n) is 30.4. The molecule has 13 heteroatoms. The normalized spacial score (nSPS) is 18.6. The summed E-state index contributed by atoms with van der Waals surface area (Å²) in [4.78, 5) is 60.8. The molecule has 1 unspecified atom stereocenters. The van der Waals surface area contributed by atoms with Crippen LogP contribution in [-0.4, -0.2) is 100 Å². The third-order valence-corrected chi connectivity index (χ3v) is 10.7. The summed E-state index contributed by atoms with van der Waals surface area (Å²) in [5, 5.41) is 33.2. The lowest BCUT2D eigenvalue weighted by Gasteiger charge is -2.35. The van der Waals surface area contributed by atoms with Gasteiger partial charge < -0.3 is 35.8 Å². The minimum atomic E-state index is -1.41. The van der Waals surface area contributed by atoms with Crippen LogP contribution in [0, 0.1) is 17.8 Å². The first-order valence-corrected chi connectivity index (χ1v) is 19.4. The lowest BCUT2D eigenvalue weighted by atomic mass is 9.80. The van der Waals surface area contributed by atoms with E-state index in [-0.39, 0.29) is 37.0 Å². The maximum absolute atomic E-state index is 14.3. The SMILES string of the molecule is CCNC(=O)[C@@H](C[C@H](O)[C@H](CC1CCCCC1)NC(=O)[C@H](Cc1cscn1)NC(=O)C(CC(=O)N1CCOCC1)Cc1ccccc1)C(C)(C)O. The maximum Gasteiger partial charge on any atom is 0.243 e. The molecule has 0 radical (unpaired) electrons. The van der Waals surface area contributed by atoms with Crippen LogP contribution in [0.3, 0.4) is 0 Å². The van der Waals surface area contributed by atoms with Crippen molar-refractivity contribution in [1.29, 1.82) is 0 Å². The number of aliphatic hydroxyl groups excluding tert-OH is 1. The molecule has 282 valence electrons. The van der Waals surface area contributed by atoms with Crippen LogP contribution < -0.4 is 16.0 Å². The Kier molecular flexibility index (Phi) is 15.8. The van der Waals surface area contributed by atoms with E-state index < -0.39 is 47.4 Å². The highest BCUT2D eigenvalue weighted by Crippen LogP contribution is 2.30. The van der Waals surface area contributed by atoms with Crippen molar-refractivity contribution in [2.45, 2.75) is 109 Å². The molecule has 0 bridgehead atoms. The number of nitrogens with one attached hydrogen (secondary N) is 3. The molecule has 4 amide bonds. The molecule has 1 aromatic carbocycles. The number of morpholine rings is 1. The lowest BCUT2D eigenvalue weighted by molar-refractivity contribution is -0.140. The molecule has 5 N–H and O–H groups in total. The molecule has 12 nitrogen and oxygen atoms in total. The number of nitrogens with zero attached hydrogens (tertiary/aromatic N) is 2. The lowest BCUT2D eigenvalue weighted by Crippen LogP contribution is -2.56. The van der Waals surface area contributed by atoms with Crippen molar-refractivity contribution in [1.82, 2.24) is 25.8 Å². The van der Waals surface area contributed by atoms with Crippen LogP contribution in [-0.2, 0) is 36.8 Å². The van der Waals surface area contributed by atoms with Crippen LogP contribution in [0.5, 0.6) is 0 Å². The molecular weight excluding hydrogens is 671 g/mol. The Labute approximate surface area is 306 Å². The van der Waals surface area contributed by atoms with Gasteiger partial charge in [0.1, 0.15) is 6.04 Å². The molecule has 1 saturated heterocycles. The van der Waals surface area contributed by atoms with E-state index in [2.05, 4.69) is 20.9 Å². The first kappa shape index (κ1) is 40.4. The van der Waals surface area contributed by atoms with Gasteiger partial charge in [-0.25, -0.2) is 4.98 Å². The summed E-state index contributed by atoms with van der Waals surface area (Å²) in [7, 11) is 0. The Morgan fingerprint density at radius 3 is 2.33 bits per heavy atom. The van der Waals surface area contributed by atoms with Crippen molar-refractivity contribution >= 4 is 35.0 Å². The fraction of sp³-hybridized carbons (Fsp3) is 0.658. The number of carbonyl (C=O) groups excluding carboxylic acids is 4. The molecule has 51 heavy (non-hydrogen) atoms. The van der Waals surface area contributed by atoms with Crippen molar-refractivity contribution in [3.8, 4) is 0 Å². The van der Waals surface area contributed by atoms with Crippen molar-refractivity contribution < 1.29 is 34.1 Å². The van der Waals surface area contributed by atoms with Crippen LogP contribution >= 0.6 is 11.3 Å². The van der Waals surface area contributed by atoms with Gasteiger partial charge in [0.15, 0.2) is 0 Å². The van der Waals surface area contributed by atoms with Gasteiger partial charge in [-0.1, -0.05) is 62.4 Å². The number of ether oxygens (including phenoxy) is 1. The van der Waals surface area contributed by atoms with Gasteiger partial charge in [0.25, 0.3) is 0 Å². The van der Waals surface area contributed by atoms with Crippen LogP contribution in [0.25, 0.3) is 0 Å². The quantitative estimate of drug-likeness (QED) is 0.156. The van der Waals surface area contributed by atoms with Gasteiger partial charge in [-0.05, 0) is 51.5 Å². The van der Waals surface area contributed by atoms with E-state index in [9.17, 15) is 29.4 Å². The summed E-state index contributed by atoms with van der Waals surface area (Å²) < 4.78 is 5.41. The zero-order chi connectivity index (χ0) is 36.8. The first-order valence-electron chi connectivity index (χ1n) is 18.5. The topological polar surface area (TPSA) is 170 Å². The summed E-state index contributed by atoms with van der Waals surface area (Å²) in [6, 6.07) is 7.74. The number of thiazole rings is 1. The average Bonchev–Trinajstić information content (AvgIpc) is 3.63.